The fourth-order valence-corrected chi connectivity index (χ4v) is 7.40. The van der Waals surface area contributed by atoms with Crippen molar-refractivity contribution in [3.05, 3.63) is 36.2 Å². The van der Waals surface area contributed by atoms with E-state index in [2.05, 4.69) is 14.6 Å². The van der Waals surface area contributed by atoms with Crippen LogP contribution in [0.3, 0.4) is 0 Å². The van der Waals surface area contributed by atoms with E-state index in [9.17, 15) is 17.2 Å². The molecule has 2 saturated heterocycles. The van der Waals surface area contributed by atoms with Crippen molar-refractivity contribution in [3.63, 3.8) is 0 Å². The summed E-state index contributed by atoms with van der Waals surface area (Å²) in [7, 11) is -3.67. The Morgan fingerprint density at radius 2 is 1.71 bits per heavy atom. The summed E-state index contributed by atoms with van der Waals surface area (Å²) in [5, 5.41) is 9.91. The molecule has 0 radical (unpaired) electrons. The zero-order chi connectivity index (χ0) is 28.8. The molecule has 0 amide bonds. The van der Waals surface area contributed by atoms with E-state index >= 15 is 0 Å². The fraction of sp³-hybridized carbons (Fsp3) is 0.536. The number of thiazole rings is 1. The number of sulfonamides is 1. The van der Waals surface area contributed by atoms with Gasteiger partial charge in [0.1, 0.15) is 5.01 Å². The number of piperidine rings is 2. The Morgan fingerprint density at radius 1 is 1.00 bits per heavy atom. The van der Waals surface area contributed by atoms with Gasteiger partial charge < -0.3 is 14.9 Å². The molecule has 13 heteroatoms. The first-order valence-electron chi connectivity index (χ1n) is 14.0. The maximum Gasteiger partial charge on any atom is 0.251 e. The van der Waals surface area contributed by atoms with Gasteiger partial charge in [0, 0.05) is 62.2 Å². The SMILES string of the molecule is Cc1cc(-c2cnc(-c3ccc(NS(=O)(=O)CCO)cc3N3CCC4(CC3)CC4)s2)nc(N2CCC(F)(F)CC2)n1. The zero-order valence-corrected chi connectivity index (χ0v) is 24.6. The normalized spacial score (nSPS) is 19.9. The van der Waals surface area contributed by atoms with Gasteiger partial charge >= 0.3 is 0 Å². The second-order valence-electron chi connectivity index (χ2n) is 11.4. The van der Waals surface area contributed by atoms with Crippen LogP contribution >= 0.6 is 11.3 Å². The Kier molecular flexibility index (Phi) is 7.39. The first kappa shape index (κ1) is 28.2. The van der Waals surface area contributed by atoms with E-state index in [-0.39, 0.29) is 31.7 Å². The average molecular weight is 605 g/mol. The van der Waals surface area contributed by atoms with Crippen molar-refractivity contribution in [2.75, 3.05) is 53.1 Å². The van der Waals surface area contributed by atoms with Gasteiger partial charge in [-0.1, -0.05) is 0 Å². The molecule has 3 aromatic rings. The van der Waals surface area contributed by atoms with Crippen molar-refractivity contribution in [3.8, 4) is 21.1 Å². The number of alkyl halides is 2. The lowest BCUT2D eigenvalue weighted by atomic mass is 9.93. The number of aromatic nitrogens is 3. The zero-order valence-electron chi connectivity index (χ0n) is 22.9. The number of aliphatic hydroxyl groups excluding tert-OH is 1. The molecule has 1 saturated carbocycles. The van der Waals surface area contributed by atoms with E-state index in [1.807, 2.05) is 30.0 Å². The smallest absolute Gasteiger partial charge is 0.251 e. The molecule has 9 nitrogen and oxygen atoms in total. The molecule has 2 aliphatic heterocycles. The van der Waals surface area contributed by atoms with Gasteiger partial charge in [-0.3, -0.25) is 4.72 Å². The van der Waals surface area contributed by atoms with E-state index in [1.165, 1.54) is 24.2 Å². The number of hydrogen-bond acceptors (Lipinski definition) is 9. The summed E-state index contributed by atoms with van der Waals surface area (Å²) in [6.45, 7) is 3.61. The Morgan fingerprint density at radius 3 is 2.39 bits per heavy atom. The van der Waals surface area contributed by atoms with Crippen LogP contribution in [0.25, 0.3) is 21.1 Å². The molecule has 2 N–H and O–H groups in total. The van der Waals surface area contributed by atoms with Crippen molar-refractivity contribution in [1.29, 1.82) is 0 Å². The highest BCUT2D eigenvalue weighted by molar-refractivity contribution is 7.92. The minimum Gasteiger partial charge on any atom is -0.395 e. The lowest BCUT2D eigenvalue weighted by Crippen LogP contribution is -2.40. The third-order valence-corrected chi connectivity index (χ3v) is 10.7. The molecule has 0 atom stereocenters. The van der Waals surface area contributed by atoms with Gasteiger partial charge in [0.05, 0.1) is 28.6 Å². The van der Waals surface area contributed by atoms with Crippen LogP contribution in [0.5, 0.6) is 0 Å². The molecule has 1 aromatic carbocycles. The highest BCUT2D eigenvalue weighted by atomic mass is 32.2. The van der Waals surface area contributed by atoms with Crippen molar-refractivity contribution < 1.29 is 22.3 Å². The largest absolute Gasteiger partial charge is 0.395 e. The van der Waals surface area contributed by atoms with E-state index in [0.717, 1.165) is 52.8 Å². The average Bonchev–Trinajstić information content (AvgIpc) is 3.48. The predicted octanol–water partition coefficient (Wildman–Crippen LogP) is 4.93. The number of nitrogens with zero attached hydrogens (tertiary/aromatic N) is 5. The summed E-state index contributed by atoms with van der Waals surface area (Å²) < 4.78 is 54.7. The highest BCUT2D eigenvalue weighted by Crippen LogP contribution is 2.54. The molecule has 41 heavy (non-hydrogen) atoms. The number of nitrogens with one attached hydrogen (secondary N) is 1. The van der Waals surface area contributed by atoms with Crippen LogP contribution in [-0.4, -0.2) is 72.9 Å². The lowest BCUT2D eigenvalue weighted by molar-refractivity contribution is -0.0222. The van der Waals surface area contributed by atoms with Crippen molar-refractivity contribution in [2.24, 2.45) is 5.41 Å². The Balaban J connectivity index is 1.30. The number of anilines is 3. The molecule has 1 spiro atoms. The predicted molar refractivity (Wildman–Crippen MR) is 157 cm³/mol. The maximum atomic E-state index is 13.7. The van der Waals surface area contributed by atoms with E-state index in [4.69, 9.17) is 15.1 Å². The Bertz CT molecular complexity index is 1520. The van der Waals surface area contributed by atoms with Crippen molar-refractivity contribution in [2.45, 2.75) is 51.4 Å². The maximum absolute atomic E-state index is 13.7. The molecule has 220 valence electrons. The Labute approximate surface area is 242 Å². The van der Waals surface area contributed by atoms with E-state index < -0.39 is 22.6 Å². The lowest BCUT2D eigenvalue weighted by Gasteiger charge is -2.35. The summed E-state index contributed by atoms with van der Waals surface area (Å²) in [6, 6.07) is 7.34. The van der Waals surface area contributed by atoms with Gasteiger partial charge in [0.2, 0.25) is 16.0 Å². The second-order valence-corrected chi connectivity index (χ2v) is 14.3. The van der Waals surface area contributed by atoms with E-state index in [0.29, 0.717) is 22.7 Å². The van der Waals surface area contributed by atoms with Crippen LogP contribution in [0.1, 0.15) is 44.2 Å². The number of aliphatic hydroxyl groups is 1. The summed E-state index contributed by atoms with van der Waals surface area (Å²) in [4.78, 5) is 18.9. The van der Waals surface area contributed by atoms with Gasteiger partial charge in [-0.25, -0.2) is 32.2 Å². The summed E-state index contributed by atoms with van der Waals surface area (Å²) >= 11 is 1.48. The molecule has 4 heterocycles. The highest BCUT2D eigenvalue weighted by Gasteiger charge is 2.44. The first-order valence-corrected chi connectivity index (χ1v) is 16.5. The van der Waals surface area contributed by atoms with Crippen LogP contribution in [0.4, 0.5) is 26.1 Å². The molecular weight excluding hydrogens is 570 g/mol. The minimum absolute atomic E-state index is 0.207. The van der Waals surface area contributed by atoms with E-state index in [1.54, 1.807) is 12.3 Å². The number of hydrogen-bond donors (Lipinski definition) is 2. The van der Waals surface area contributed by atoms with Crippen molar-refractivity contribution >= 4 is 38.7 Å². The third-order valence-electron chi connectivity index (χ3n) is 8.36. The number of rotatable bonds is 8. The number of halogens is 2. The van der Waals surface area contributed by atoms with Crippen LogP contribution < -0.4 is 14.5 Å². The number of aryl methyl sites for hydroxylation is 1. The van der Waals surface area contributed by atoms with Gasteiger partial charge in [-0.15, -0.1) is 11.3 Å². The molecule has 3 fully saturated rings. The topological polar surface area (TPSA) is 112 Å². The monoisotopic (exact) mass is 604 g/mol. The number of benzene rings is 1. The molecule has 0 bridgehead atoms. The van der Waals surface area contributed by atoms with Crippen molar-refractivity contribution in [1.82, 2.24) is 15.0 Å². The van der Waals surface area contributed by atoms with Gasteiger partial charge in [-0.2, -0.15) is 0 Å². The van der Waals surface area contributed by atoms with Gasteiger partial charge in [0.15, 0.2) is 0 Å². The Hall–Kier alpha value is -2.90. The molecule has 1 aliphatic carbocycles. The molecule has 3 aliphatic rings. The van der Waals surface area contributed by atoms with Gasteiger partial charge in [0.25, 0.3) is 5.92 Å². The molecular formula is C28H34F2N6O3S2. The fourth-order valence-electron chi connectivity index (χ4n) is 5.66. The molecule has 2 aromatic heterocycles. The standard InChI is InChI=1S/C28H34F2N6O3S2/c1-19-16-22(33-26(32-19)36-12-8-28(29,30)9-13-36)24-18-31-25(40-24)21-3-2-20(34-41(38,39)15-14-37)17-23(21)35-10-6-27(4-5-27)7-11-35/h2-3,16-18,34,37H,4-15H2,1H3. The van der Waals surface area contributed by atoms with Crippen LogP contribution in [0, 0.1) is 12.3 Å². The minimum atomic E-state index is -3.67. The summed E-state index contributed by atoms with van der Waals surface area (Å²) in [5.74, 6) is -2.56. The van der Waals surface area contributed by atoms with Crippen LogP contribution in [0.2, 0.25) is 0 Å². The summed E-state index contributed by atoms with van der Waals surface area (Å²) in [5.41, 5.74) is 4.20. The van der Waals surface area contributed by atoms with Crippen LogP contribution in [-0.2, 0) is 10.0 Å². The molecule has 0 unspecified atom stereocenters. The van der Waals surface area contributed by atoms with Crippen LogP contribution in [0.15, 0.2) is 30.5 Å². The second kappa shape index (κ2) is 10.7. The quantitative estimate of drug-likeness (QED) is 0.373. The molecule has 6 rings (SSSR count). The third kappa shape index (κ3) is 6.31. The van der Waals surface area contributed by atoms with Gasteiger partial charge in [-0.05, 0) is 62.3 Å². The summed E-state index contributed by atoms with van der Waals surface area (Å²) in [6.07, 6.45) is 6.14. The first-order chi connectivity index (χ1) is 19.5.